The Kier molecular flexibility index (Phi) is 6.00. The number of anilines is 1. The number of nitrogens with one attached hydrogen (secondary N) is 1. The lowest BCUT2D eigenvalue weighted by Gasteiger charge is -2.22. The second kappa shape index (κ2) is 7.59. The van der Waals surface area contributed by atoms with Gasteiger partial charge in [0.05, 0.1) is 4.90 Å². The molecule has 1 aliphatic rings. The molecule has 1 heterocycles. The molecule has 1 saturated heterocycles. The maximum Gasteiger partial charge on any atom is 0.243 e. The monoisotopic (exact) mass is 355 g/mol. The number of nitrogens with zero attached hydrogens (tertiary/aromatic N) is 2. The minimum atomic E-state index is -3.46. The van der Waals surface area contributed by atoms with Crippen molar-refractivity contribution >= 4 is 33.0 Å². The number of hydrogen-bond donors (Lipinski definition) is 1. The van der Waals surface area contributed by atoms with Crippen molar-refractivity contribution in [3.63, 3.8) is 0 Å². The van der Waals surface area contributed by atoms with Gasteiger partial charge in [-0.25, -0.2) is 8.42 Å². The highest BCUT2D eigenvalue weighted by molar-refractivity contribution is 7.89. The molecule has 0 atom stereocenters. The number of rotatable bonds is 5. The van der Waals surface area contributed by atoms with Gasteiger partial charge in [-0.1, -0.05) is 19.9 Å². The Morgan fingerprint density at radius 1 is 1.26 bits per heavy atom. The Balaban J connectivity index is 2.26. The van der Waals surface area contributed by atoms with E-state index in [1.165, 1.54) is 4.31 Å². The molecule has 0 radical (unpaired) electrons. The lowest BCUT2D eigenvalue weighted by atomic mass is 10.2. The second-order valence-corrected chi connectivity index (χ2v) is 8.01. The van der Waals surface area contributed by atoms with Gasteiger partial charge in [0.2, 0.25) is 10.0 Å². The van der Waals surface area contributed by atoms with Gasteiger partial charge in [-0.3, -0.25) is 0 Å². The average molecular weight is 356 g/mol. The maximum atomic E-state index is 12.7. The molecule has 1 fully saturated rings. The first-order valence-corrected chi connectivity index (χ1v) is 9.91. The average Bonchev–Trinajstić information content (AvgIpc) is 3.04. The lowest BCUT2D eigenvalue weighted by molar-refractivity contribution is 0.445. The van der Waals surface area contributed by atoms with Crippen molar-refractivity contribution < 1.29 is 8.42 Å². The third-order valence-corrected chi connectivity index (χ3v) is 6.59. The van der Waals surface area contributed by atoms with Crippen LogP contribution in [0.5, 0.6) is 0 Å². The van der Waals surface area contributed by atoms with Crippen LogP contribution in [0.4, 0.5) is 5.69 Å². The fourth-order valence-corrected chi connectivity index (χ4v) is 4.50. The first kappa shape index (κ1) is 18.2. The molecule has 128 valence electrons. The molecule has 0 aliphatic carbocycles. The predicted octanol–water partition coefficient (Wildman–Crippen LogP) is 2.82. The molecule has 7 heteroatoms. The molecule has 0 saturated carbocycles. The van der Waals surface area contributed by atoms with E-state index in [0.29, 0.717) is 23.1 Å². The van der Waals surface area contributed by atoms with Crippen LogP contribution in [0.2, 0.25) is 0 Å². The van der Waals surface area contributed by atoms with Crippen molar-refractivity contribution in [3.05, 3.63) is 23.8 Å². The summed E-state index contributed by atoms with van der Waals surface area (Å²) in [5, 5.41) is 3.88. The summed E-state index contributed by atoms with van der Waals surface area (Å²) in [4.78, 5) is 2.43. The van der Waals surface area contributed by atoms with Gasteiger partial charge in [0.1, 0.15) is 0 Å². The molecule has 1 aromatic carbocycles. The van der Waals surface area contributed by atoms with E-state index < -0.39 is 10.0 Å². The third kappa shape index (κ3) is 4.02. The van der Waals surface area contributed by atoms with Gasteiger partial charge in [-0.15, -0.1) is 0 Å². The third-order valence-electron chi connectivity index (χ3n) is 4.19. The number of likely N-dealkylation sites (tertiary alicyclic amines) is 1. The van der Waals surface area contributed by atoms with Crippen molar-refractivity contribution in [2.24, 2.45) is 0 Å². The topological polar surface area (TPSA) is 52.7 Å². The van der Waals surface area contributed by atoms with E-state index in [-0.39, 0.29) is 0 Å². The molecule has 0 amide bonds. The molecule has 0 aromatic heterocycles. The molecular weight excluding hydrogens is 330 g/mol. The number of sulfonamides is 1. The summed E-state index contributed by atoms with van der Waals surface area (Å²) >= 11 is 5.44. The fourth-order valence-electron chi connectivity index (χ4n) is 2.72. The molecular formula is C16H25N3O2S2. The van der Waals surface area contributed by atoms with E-state index in [4.69, 9.17) is 12.2 Å². The van der Waals surface area contributed by atoms with Crippen LogP contribution in [0.1, 0.15) is 32.3 Å². The molecule has 0 spiro atoms. The summed E-state index contributed by atoms with van der Waals surface area (Å²) < 4.78 is 26.8. The molecule has 2 rings (SSSR count). The maximum absolute atomic E-state index is 12.7. The molecule has 23 heavy (non-hydrogen) atoms. The number of thiocarbonyl (C=S) groups is 1. The van der Waals surface area contributed by atoms with E-state index in [9.17, 15) is 8.42 Å². The summed E-state index contributed by atoms with van der Waals surface area (Å²) in [6.07, 6.45) is 2.30. The van der Waals surface area contributed by atoms with Gasteiger partial charge >= 0.3 is 0 Å². The van der Waals surface area contributed by atoms with Gasteiger partial charge < -0.3 is 10.2 Å². The van der Waals surface area contributed by atoms with Crippen molar-refractivity contribution in [2.75, 3.05) is 31.5 Å². The Labute approximate surface area is 144 Å². The van der Waals surface area contributed by atoms with E-state index in [1.807, 2.05) is 26.8 Å². The van der Waals surface area contributed by atoms with Crippen LogP contribution >= 0.6 is 12.2 Å². The lowest BCUT2D eigenvalue weighted by Crippen LogP contribution is -2.32. The minimum absolute atomic E-state index is 0.304. The SMILES string of the molecule is CCN(CC)S(=O)(=O)c1ccc(C)c(NC(=S)N2CCCC2)c1. The van der Waals surface area contributed by atoms with Crippen LogP contribution in [-0.4, -0.2) is 48.9 Å². The smallest absolute Gasteiger partial charge is 0.243 e. The van der Waals surface area contributed by atoms with Crippen LogP contribution in [0.3, 0.4) is 0 Å². The normalized spacial score (nSPS) is 15.2. The molecule has 1 N–H and O–H groups in total. The van der Waals surface area contributed by atoms with Gasteiger partial charge in [-0.05, 0) is 49.7 Å². The Morgan fingerprint density at radius 3 is 2.43 bits per heavy atom. The quantitative estimate of drug-likeness (QED) is 0.823. The van der Waals surface area contributed by atoms with Crippen molar-refractivity contribution in [1.82, 2.24) is 9.21 Å². The highest BCUT2D eigenvalue weighted by Crippen LogP contribution is 2.23. The Bertz CT molecular complexity index is 664. The Morgan fingerprint density at radius 2 is 1.87 bits per heavy atom. The van der Waals surface area contributed by atoms with Crippen LogP contribution in [0.15, 0.2) is 23.1 Å². The van der Waals surface area contributed by atoms with Gasteiger partial charge in [0.25, 0.3) is 0 Å². The molecule has 5 nitrogen and oxygen atoms in total. The van der Waals surface area contributed by atoms with Crippen molar-refractivity contribution in [2.45, 2.75) is 38.5 Å². The second-order valence-electron chi connectivity index (χ2n) is 5.69. The van der Waals surface area contributed by atoms with Crippen LogP contribution in [-0.2, 0) is 10.0 Å². The van der Waals surface area contributed by atoms with Crippen molar-refractivity contribution in [3.8, 4) is 0 Å². The molecule has 1 aromatic rings. The minimum Gasteiger partial charge on any atom is -0.349 e. The number of aryl methyl sites for hydroxylation is 1. The zero-order valence-corrected chi connectivity index (χ0v) is 15.6. The van der Waals surface area contributed by atoms with Gasteiger partial charge in [-0.2, -0.15) is 4.31 Å². The van der Waals surface area contributed by atoms with E-state index in [1.54, 1.807) is 12.1 Å². The molecule has 0 unspecified atom stereocenters. The summed E-state index contributed by atoms with van der Waals surface area (Å²) in [5.74, 6) is 0. The summed E-state index contributed by atoms with van der Waals surface area (Å²) in [6.45, 7) is 8.48. The van der Waals surface area contributed by atoms with Crippen LogP contribution < -0.4 is 5.32 Å². The predicted molar refractivity (Wildman–Crippen MR) is 98.3 cm³/mol. The standard InChI is InChI=1S/C16H25N3O2S2/c1-4-19(5-2)23(20,21)14-9-8-13(3)15(12-14)17-16(22)18-10-6-7-11-18/h8-9,12H,4-7,10-11H2,1-3H3,(H,17,22). The number of hydrogen-bond acceptors (Lipinski definition) is 3. The summed E-state index contributed by atoms with van der Waals surface area (Å²) in [7, 11) is -3.46. The largest absolute Gasteiger partial charge is 0.349 e. The van der Waals surface area contributed by atoms with Crippen LogP contribution in [0, 0.1) is 6.92 Å². The van der Waals surface area contributed by atoms with E-state index >= 15 is 0 Å². The first-order chi connectivity index (χ1) is 10.9. The molecule has 1 aliphatic heterocycles. The zero-order valence-electron chi connectivity index (χ0n) is 14.0. The molecule has 0 bridgehead atoms. The van der Waals surface area contributed by atoms with Gasteiger partial charge in [0.15, 0.2) is 5.11 Å². The first-order valence-electron chi connectivity index (χ1n) is 8.06. The van der Waals surface area contributed by atoms with Gasteiger partial charge in [0, 0.05) is 31.9 Å². The van der Waals surface area contributed by atoms with E-state index in [0.717, 1.165) is 37.2 Å². The summed E-state index contributed by atoms with van der Waals surface area (Å²) in [6, 6.07) is 5.17. The summed E-state index contributed by atoms with van der Waals surface area (Å²) in [5.41, 5.74) is 1.74. The van der Waals surface area contributed by atoms with Crippen molar-refractivity contribution in [1.29, 1.82) is 0 Å². The number of benzene rings is 1. The fraction of sp³-hybridized carbons (Fsp3) is 0.562. The zero-order chi connectivity index (χ0) is 17.0. The van der Waals surface area contributed by atoms with E-state index in [2.05, 4.69) is 10.2 Å². The van der Waals surface area contributed by atoms with Crippen LogP contribution in [0.25, 0.3) is 0 Å². The highest BCUT2D eigenvalue weighted by atomic mass is 32.2. The highest BCUT2D eigenvalue weighted by Gasteiger charge is 2.23. The Hall–Kier alpha value is -1.18.